The molecule has 2 saturated heterocycles. The highest BCUT2D eigenvalue weighted by molar-refractivity contribution is 5.86. The zero-order valence-electron chi connectivity index (χ0n) is 16.8. The van der Waals surface area contributed by atoms with Gasteiger partial charge in [-0.3, -0.25) is 4.68 Å². The molecular formula is C20H24N6O4. The molecule has 0 saturated carbocycles. The molecule has 5 rings (SSSR count). The molecule has 1 amide bonds. The maximum atomic E-state index is 11.7. The molecule has 0 spiro atoms. The normalized spacial score (nSPS) is 18.0. The van der Waals surface area contributed by atoms with E-state index in [-0.39, 0.29) is 18.1 Å². The van der Waals surface area contributed by atoms with Gasteiger partial charge in [0.1, 0.15) is 0 Å². The van der Waals surface area contributed by atoms with Crippen LogP contribution in [0.25, 0.3) is 22.4 Å². The molecular weight excluding hydrogens is 388 g/mol. The van der Waals surface area contributed by atoms with Gasteiger partial charge >= 0.3 is 6.09 Å². The zero-order chi connectivity index (χ0) is 20.7. The average Bonchev–Trinajstić information content (AvgIpc) is 3.39. The van der Waals surface area contributed by atoms with Crippen LogP contribution in [0.15, 0.2) is 22.9 Å². The van der Waals surface area contributed by atoms with E-state index >= 15 is 0 Å². The van der Waals surface area contributed by atoms with Crippen molar-refractivity contribution >= 4 is 17.0 Å². The lowest BCUT2D eigenvalue weighted by atomic mass is 9.96. The number of ether oxygens (including phenoxy) is 2. The van der Waals surface area contributed by atoms with Gasteiger partial charge in [-0.15, -0.1) is 0 Å². The van der Waals surface area contributed by atoms with Crippen molar-refractivity contribution in [1.29, 1.82) is 0 Å². The number of hydrogen-bond acceptors (Lipinski definition) is 8. The molecule has 10 nitrogen and oxygen atoms in total. The van der Waals surface area contributed by atoms with Gasteiger partial charge in [-0.1, -0.05) is 5.16 Å². The molecule has 2 aliphatic rings. The van der Waals surface area contributed by atoms with Crippen molar-refractivity contribution in [3.05, 3.63) is 29.7 Å². The molecule has 30 heavy (non-hydrogen) atoms. The van der Waals surface area contributed by atoms with Crippen molar-refractivity contribution in [1.82, 2.24) is 24.8 Å². The predicted octanol–water partition coefficient (Wildman–Crippen LogP) is 2.06. The Balaban J connectivity index is 1.41. The van der Waals surface area contributed by atoms with Gasteiger partial charge in [-0.25, -0.2) is 4.79 Å². The Bertz CT molecular complexity index is 1060. The van der Waals surface area contributed by atoms with Gasteiger partial charge in [-0.05, 0) is 30.5 Å². The molecule has 2 aromatic heterocycles. The van der Waals surface area contributed by atoms with Gasteiger partial charge in [0.15, 0.2) is 5.82 Å². The molecule has 0 atom stereocenters. The second-order valence-corrected chi connectivity index (χ2v) is 7.74. The summed E-state index contributed by atoms with van der Waals surface area (Å²) in [5.74, 6) is 1.29. The summed E-state index contributed by atoms with van der Waals surface area (Å²) in [6.45, 7) is 2.95. The topological polar surface area (TPSA) is 122 Å². The number of piperidine rings is 1. The fourth-order valence-electron chi connectivity index (χ4n) is 4.13. The highest BCUT2D eigenvalue weighted by Gasteiger charge is 2.28. The number of nitrogens with two attached hydrogens (primary N) is 1. The molecule has 0 aliphatic carbocycles. The van der Waals surface area contributed by atoms with Crippen LogP contribution >= 0.6 is 0 Å². The quantitative estimate of drug-likeness (QED) is 0.691. The Hall–Kier alpha value is -2.98. The number of carbonyl (C=O) groups is 1. The summed E-state index contributed by atoms with van der Waals surface area (Å²) in [6, 6.07) is 4.25. The SMILES string of the molecule is COC(=O)N1CCC(c2noc(-c3cc(CN)c4cnn(C5COC5)c4c3)n2)CC1. The smallest absolute Gasteiger partial charge is 0.409 e. The minimum absolute atomic E-state index is 0.152. The summed E-state index contributed by atoms with van der Waals surface area (Å²) in [4.78, 5) is 18.0. The molecule has 158 valence electrons. The van der Waals surface area contributed by atoms with Crippen LogP contribution in [-0.2, 0) is 16.0 Å². The van der Waals surface area contributed by atoms with Crippen LogP contribution < -0.4 is 5.73 Å². The molecule has 0 bridgehead atoms. The third kappa shape index (κ3) is 3.21. The molecule has 1 aromatic carbocycles. The van der Waals surface area contributed by atoms with E-state index in [1.54, 1.807) is 4.90 Å². The average molecular weight is 412 g/mol. The van der Waals surface area contributed by atoms with E-state index in [1.165, 1.54) is 7.11 Å². The van der Waals surface area contributed by atoms with Crippen LogP contribution in [0.1, 0.15) is 36.2 Å². The fourth-order valence-corrected chi connectivity index (χ4v) is 4.13. The molecule has 0 unspecified atom stereocenters. The van der Waals surface area contributed by atoms with Crippen LogP contribution in [0.4, 0.5) is 4.79 Å². The molecule has 2 fully saturated rings. The second-order valence-electron chi connectivity index (χ2n) is 7.74. The van der Waals surface area contributed by atoms with Crippen molar-refractivity contribution in [3.8, 4) is 11.5 Å². The minimum atomic E-state index is -0.293. The summed E-state index contributed by atoms with van der Waals surface area (Å²) in [5.41, 5.74) is 8.80. The first kappa shape index (κ1) is 19.0. The molecule has 2 aliphatic heterocycles. The second kappa shape index (κ2) is 7.69. The largest absolute Gasteiger partial charge is 0.453 e. The number of hydrogen-bond donors (Lipinski definition) is 1. The zero-order valence-corrected chi connectivity index (χ0v) is 16.8. The van der Waals surface area contributed by atoms with E-state index in [9.17, 15) is 4.79 Å². The third-order valence-electron chi connectivity index (χ3n) is 5.97. The van der Waals surface area contributed by atoms with E-state index in [2.05, 4.69) is 15.2 Å². The molecule has 10 heteroatoms. The number of aromatic nitrogens is 4. The number of nitrogens with zero attached hydrogens (tertiary/aromatic N) is 5. The minimum Gasteiger partial charge on any atom is -0.453 e. The maximum Gasteiger partial charge on any atom is 0.409 e. The van der Waals surface area contributed by atoms with Crippen molar-refractivity contribution in [2.45, 2.75) is 31.3 Å². The Morgan fingerprint density at radius 3 is 2.77 bits per heavy atom. The lowest BCUT2D eigenvalue weighted by Gasteiger charge is -2.29. The summed E-state index contributed by atoms with van der Waals surface area (Å²) in [7, 11) is 1.40. The van der Waals surface area contributed by atoms with E-state index in [1.807, 2.05) is 23.0 Å². The maximum absolute atomic E-state index is 11.7. The molecule has 3 aromatic rings. The summed E-state index contributed by atoms with van der Waals surface area (Å²) in [6.07, 6.45) is 3.11. The lowest BCUT2D eigenvalue weighted by Crippen LogP contribution is -2.37. The Labute approximate surface area is 172 Å². The lowest BCUT2D eigenvalue weighted by molar-refractivity contribution is -0.0266. The Kier molecular flexibility index (Phi) is 4.87. The van der Waals surface area contributed by atoms with Gasteiger partial charge in [0.2, 0.25) is 0 Å². The number of carbonyl (C=O) groups excluding carboxylic acids is 1. The first-order chi connectivity index (χ1) is 14.7. The van der Waals surface area contributed by atoms with Gasteiger partial charge in [-0.2, -0.15) is 10.1 Å². The first-order valence-corrected chi connectivity index (χ1v) is 10.1. The Morgan fingerprint density at radius 2 is 2.10 bits per heavy atom. The van der Waals surface area contributed by atoms with Crippen LogP contribution in [0.5, 0.6) is 0 Å². The van der Waals surface area contributed by atoms with E-state index in [4.69, 9.17) is 19.7 Å². The number of methoxy groups -OCH3 is 1. The van der Waals surface area contributed by atoms with Crippen LogP contribution in [0.3, 0.4) is 0 Å². The van der Waals surface area contributed by atoms with E-state index in [0.717, 1.165) is 34.9 Å². The van der Waals surface area contributed by atoms with Crippen LogP contribution in [0, 0.1) is 0 Å². The van der Waals surface area contributed by atoms with Crippen LogP contribution in [0.2, 0.25) is 0 Å². The monoisotopic (exact) mass is 412 g/mol. The Morgan fingerprint density at radius 1 is 1.30 bits per heavy atom. The van der Waals surface area contributed by atoms with Gasteiger partial charge in [0, 0.05) is 36.5 Å². The number of amides is 1. The van der Waals surface area contributed by atoms with Crippen molar-refractivity contribution < 1.29 is 18.8 Å². The molecule has 2 N–H and O–H groups in total. The third-order valence-corrected chi connectivity index (χ3v) is 5.97. The molecule has 0 radical (unpaired) electrons. The van der Waals surface area contributed by atoms with Gasteiger partial charge in [0.25, 0.3) is 5.89 Å². The van der Waals surface area contributed by atoms with Gasteiger partial charge < -0.3 is 24.6 Å². The van der Waals surface area contributed by atoms with Crippen molar-refractivity contribution in [3.63, 3.8) is 0 Å². The summed E-state index contributed by atoms with van der Waals surface area (Å²) >= 11 is 0. The number of rotatable bonds is 4. The van der Waals surface area contributed by atoms with E-state index < -0.39 is 0 Å². The van der Waals surface area contributed by atoms with Crippen molar-refractivity contribution in [2.75, 3.05) is 33.4 Å². The number of benzene rings is 1. The predicted molar refractivity (Wildman–Crippen MR) is 107 cm³/mol. The fraction of sp³-hybridized carbons (Fsp3) is 0.500. The van der Waals surface area contributed by atoms with Crippen molar-refractivity contribution in [2.24, 2.45) is 5.73 Å². The van der Waals surface area contributed by atoms with Crippen LogP contribution in [-0.4, -0.2) is 64.3 Å². The summed E-state index contributed by atoms with van der Waals surface area (Å²) in [5, 5.41) is 9.79. The molecule has 4 heterocycles. The number of fused-ring (bicyclic) bond motifs is 1. The van der Waals surface area contributed by atoms with E-state index in [0.29, 0.717) is 44.6 Å². The first-order valence-electron chi connectivity index (χ1n) is 10.1. The highest BCUT2D eigenvalue weighted by atomic mass is 16.5. The van der Waals surface area contributed by atoms with Gasteiger partial charge in [0.05, 0.1) is 38.1 Å². The highest BCUT2D eigenvalue weighted by Crippen LogP contribution is 2.32. The summed E-state index contributed by atoms with van der Waals surface area (Å²) < 4.78 is 17.7. The standard InChI is InChI=1S/C20H24N6O4/c1-28-20(27)25-4-2-12(3-5-25)18-23-19(30-24-18)13-6-14(8-21)16-9-22-26(17(16)7-13)15-10-29-11-15/h6-7,9,12,15H,2-5,8,10-11,21H2,1H3. The number of likely N-dealkylation sites (tertiary alicyclic amines) is 1.